The van der Waals surface area contributed by atoms with E-state index in [0.29, 0.717) is 29.1 Å². The molecule has 0 aliphatic rings. The van der Waals surface area contributed by atoms with E-state index in [1.165, 1.54) is 12.1 Å². The molecule has 0 bridgehead atoms. The van der Waals surface area contributed by atoms with Gasteiger partial charge in [-0.25, -0.2) is 9.07 Å². The van der Waals surface area contributed by atoms with E-state index in [0.717, 1.165) is 16.7 Å². The Morgan fingerprint density at radius 1 is 1.10 bits per heavy atom. The van der Waals surface area contributed by atoms with Gasteiger partial charge in [0.15, 0.2) is 0 Å². The molecule has 0 fully saturated rings. The number of nitrogens with zero attached hydrogens (tertiary/aromatic N) is 3. The Morgan fingerprint density at radius 2 is 1.84 bits per heavy atom. The predicted octanol–water partition coefficient (Wildman–Crippen LogP) is 5.31. The van der Waals surface area contributed by atoms with Crippen LogP contribution in [0.1, 0.15) is 21.5 Å². The molecule has 0 aliphatic heterocycles. The summed E-state index contributed by atoms with van der Waals surface area (Å²) in [5, 5.41) is 16.3. The summed E-state index contributed by atoms with van der Waals surface area (Å²) in [5.41, 5.74) is 4.95. The topological polar surface area (TPSA) is 70.7 Å². The summed E-state index contributed by atoms with van der Waals surface area (Å²) in [4.78, 5) is 13.1. The summed E-state index contributed by atoms with van der Waals surface area (Å²) in [7, 11) is 0. The van der Waals surface area contributed by atoms with Gasteiger partial charge >= 0.3 is 0 Å². The molecule has 0 spiro atoms. The van der Waals surface area contributed by atoms with Crippen molar-refractivity contribution >= 4 is 11.6 Å². The first-order chi connectivity index (χ1) is 15.0. The maximum atomic E-state index is 13.3. The lowest BCUT2D eigenvalue weighted by molar-refractivity contribution is 0.102. The van der Waals surface area contributed by atoms with Crippen LogP contribution >= 0.6 is 0 Å². The van der Waals surface area contributed by atoms with Crippen LogP contribution in [0.5, 0.6) is 0 Å². The van der Waals surface area contributed by atoms with Crippen LogP contribution in [0.25, 0.3) is 16.9 Å². The van der Waals surface area contributed by atoms with Crippen molar-refractivity contribution in [1.29, 1.82) is 5.26 Å². The number of nitrogens with one attached hydrogen (secondary N) is 1. The third kappa shape index (κ3) is 4.51. The van der Waals surface area contributed by atoms with E-state index in [9.17, 15) is 9.18 Å². The second kappa shape index (κ2) is 8.64. The molecule has 5 nitrogen and oxygen atoms in total. The molecular weight excluding hydrogens is 391 g/mol. The molecule has 6 heteroatoms. The second-order valence-corrected chi connectivity index (χ2v) is 7.17. The minimum atomic E-state index is -0.340. The molecule has 0 radical (unpaired) electrons. The number of hydrogen-bond acceptors (Lipinski definition) is 3. The molecule has 1 aromatic heterocycles. The van der Waals surface area contributed by atoms with Crippen molar-refractivity contribution in [2.45, 2.75) is 13.3 Å². The standard InChI is InChI=1S/C25H19FN4O/c1-17-3-2-4-19(15-17)24-23(16-30(29-24)22-11-7-20(26)8-12-22)25(31)28-21-9-5-18(6-10-21)13-14-27/h2-12,15-16H,13H2,1H3,(H,28,31). The van der Waals surface area contributed by atoms with Crippen molar-refractivity contribution in [3.8, 4) is 23.0 Å². The first kappa shape index (κ1) is 20.0. The normalized spacial score (nSPS) is 10.5. The van der Waals surface area contributed by atoms with Crippen LogP contribution in [-0.2, 0) is 6.42 Å². The Labute approximate surface area is 179 Å². The average Bonchev–Trinajstić information content (AvgIpc) is 3.22. The summed E-state index contributed by atoms with van der Waals surface area (Å²) in [6.45, 7) is 1.98. The SMILES string of the molecule is Cc1cccc(-c2nn(-c3ccc(F)cc3)cc2C(=O)Nc2ccc(CC#N)cc2)c1. The van der Waals surface area contributed by atoms with Gasteiger partial charge in [-0.15, -0.1) is 0 Å². The van der Waals surface area contributed by atoms with Gasteiger partial charge in [0.1, 0.15) is 11.5 Å². The minimum Gasteiger partial charge on any atom is -0.322 e. The molecule has 3 aromatic carbocycles. The first-order valence-electron chi connectivity index (χ1n) is 9.73. The molecule has 1 heterocycles. The van der Waals surface area contributed by atoms with Crippen LogP contribution in [0.2, 0.25) is 0 Å². The lowest BCUT2D eigenvalue weighted by Crippen LogP contribution is -2.12. The van der Waals surface area contributed by atoms with E-state index in [1.54, 1.807) is 35.1 Å². The van der Waals surface area contributed by atoms with Gasteiger partial charge in [-0.3, -0.25) is 4.79 Å². The highest BCUT2D eigenvalue weighted by atomic mass is 19.1. The van der Waals surface area contributed by atoms with E-state index in [-0.39, 0.29) is 11.7 Å². The molecule has 0 saturated heterocycles. The Morgan fingerprint density at radius 3 is 2.52 bits per heavy atom. The van der Waals surface area contributed by atoms with Gasteiger partial charge in [-0.1, -0.05) is 35.9 Å². The van der Waals surface area contributed by atoms with Crippen molar-refractivity contribution in [2.75, 3.05) is 5.32 Å². The molecule has 0 saturated carbocycles. The fraction of sp³-hybridized carbons (Fsp3) is 0.0800. The fourth-order valence-electron chi connectivity index (χ4n) is 3.27. The molecule has 152 valence electrons. The van der Waals surface area contributed by atoms with Crippen LogP contribution in [0.4, 0.5) is 10.1 Å². The summed E-state index contributed by atoms with van der Waals surface area (Å²) >= 11 is 0. The third-order valence-corrected chi connectivity index (χ3v) is 4.84. The smallest absolute Gasteiger partial charge is 0.259 e. The number of aryl methyl sites for hydroxylation is 1. The molecular formula is C25H19FN4O. The highest BCUT2D eigenvalue weighted by molar-refractivity contribution is 6.08. The number of amides is 1. The van der Waals surface area contributed by atoms with Crippen LogP contribution in [0.15, 0.2) is 79.0 Å². The molecule has 4 aromatic rings. The summed E-state index contributed by atoms with van der Waals surface area (Å²) in [5.74, 6) is -0.648. The summed E-state index contributed by atoms with van der Waals surface area (Å²) in [6, 6.07) is 22.9. The molecule has 0 unspecified atom stereocenters. The van der Waals surface area contributed by atoms with Gasteiger partial charge in [0, 0.05) is 17.4 Å². The quantitative estimate of drug-likeness (QED) is 0.485. The monoisotopic (exact) mass is 410 g/mol. The minimum absolute atomic E-state index is 0.307. The van der Waals surface area contributed by atoms with E-state index in [1.807, 2.05) is 43.3 Å². The van der Waals surface area contributed by atoms with Crippen molar-refractivity contribution in [1.82, 2.24) is 9.78 Å². The largest absolute Gasteiger partial charge is 0.322 e. The summed E-state index contributed by atoms with van der Waals surface area (Å²) < 4.78 is 14.9. The highest BCUT2D eigenvalue weighted by Crippen LogP contribution is 2.26. The lowest BCUT2D eigenvalue weighted by Gasteiger charge is -2.06. The van der Waals surface area contributed by atoms with Crippen molar-refractivity contribution in [3.05, 3.63) is 102 Å². The number of rotatable bonds is 5. The van der Waals surface area contributed by atoms with E-state index in [2.05, 4.69) is 16.5 Å². The Hall–Kier alpha value is -4.24. The van der Waals surface area contributed by atoms with Gasteiger partial charge in [-0.2, -0.15) is 10.4 Å². The first-order valence-corrected chi connectivity index (χ1v) is 9.73. The van der Waals surface area contributed by atoms with Crippen LogP contribution in [-0.4, -0.2) is 15.7 Å². The maximum absolute atomic E-state index is 13.3. The van der Waals surface area contributed by atoms with Crippen LogP contribution < -0.4 is 5.32 Å². The zero-order valence-corrected chi connectivity index (χ0v) is 16.8. The van der Waals surface area contributed by atoms with Gasteiger partial charge in [0.25, 0.3) is 5.91 Å². The second-order valence-electron chi connectivity index (χ2n) is 7.17. The number of aromatic nitrogens is 2. The van der Waals surface area contributed by atoms with Crippen LogP contribution in [0, 0.1) is 24.1 Å². The predicted molar refractivity (Wildman–Crippen MR) is 117 cm³/mol. The van der Waals surface area contributed by atoms with Gasteiger partial charge in [0.2, 0.25) is 0 Å². The molecule has 0 atom stereocenters. The van der Waals surface area contributed by atoms with Gasteiger partial charge in [0.05, 0.1) is 23.7 Å². The number of halogens is 1. The van der Waals surface area contributed by atoms with Gasteiger partial charge in [-0.05, 0) is 55.0 Å². The third-order valence-electron chi connectivity index (χ3n) is 4.84. The number of nitriles is 1. The van der Waals surface area contributed by atoms with Crippen molar-refractivity contribution < 1.29 is 9.18 Å². The van der Waals surface area contributed by atoms with E-state index < -0.39 is 0 Å². The molecule has 31 heavy (non-hydrogen) atoms. The number of hydrogen-bond donors (Lipinski definition) is 1. The van der Waals surface area contributed by atoms with Crippen molar-refractivity contribution in [2.24, 2.45) is 0 Å². The average molecular weight is 410 g/mol. The molecule has 4 rings (SSSR count). The highest BCUT2D eigenvalue weighted by Gasteiger charge is 2.19. The number of carbonyl (C=O) groups excluding carboxylic acids is 1. The fourth-order valence-corrected chi connectivity index (χ4v) is 3.27. The number of anilines is 1. The lowest BCUT2D eigenvalue weighted by atomic mass is 10.1. The van der Waals surface area contributed by atoms with E-state index in [4.69, 9.17) is 5.26 Å². The molecule has 0 aliphatic carbocycles. The number of carbonyl (C=O) groups is 1. The summed E-state index contributed by atoms with van der Waals surface area (Å²) in [6.07, 6.45) is 1.96. The maximum Gasteiger partial charge on any atom is 0.259 e. The molecule has 1 amide bonds. The Balaban J connectivity index is 1.71. The van der Waals surface area contributed by atoms with Crippen LogP contribution in [0.3, 0.4) is 0 Å². The van der Waals surface area contributed by atoms with Gasteiger partial charge < -0.3 is 5.32 Å². The Kier molecular flexibility index (Phi) is 5.59. The molecule has 1 N–H and O–H groups in total. The zero-order valence-electron chi connectivity index (χ0n) is 16.8. The van der Waals surface area contributed by atoms with E-state index >= 15 is 0 Å². The van der Waals surface area contributed by atoms with Crippen molar-refractivity contribution in [3.63, 3.8) is 0 Å². The number of benzene rings is 3. The Bertz CT molecular complexity index is 1270. The zero-order chi connectivity index (χ0) is 21.8.